The van der Waals surface area contributed by atoms with Gasteiger partial charge in [-0.1, -0.05) is 25.0 Å². The number of carbonyl (C=O) groups is 1. The molecule has 0 unspecified atom stereocenters. The van der Waals surface area contributed by atoms with Gasteiger partial charge in [-0.05, 0) is 37.5 Å². The third kappa shape index (κ3) is 3.71. The van der Waals surface area contributed by atoms with E-state index in [1.54, 1.807) is 30.7 Å². The first-order valence-corrected chi connectivity index (χ1v) is 9.47. The summed E-state index contributed by atoms with van der Waals surface area (Å²) < 4.78 is 2.10. The molecule has 1 fully saturated rings. The normalized spacial score (nSPS) is 15.5. The van der Waals surface area contributed by atoms with Crippen molar-refractivity contribution in [3.63, 3.8) is 0 Å². The molecule has 1 aromatic carbocycles. The van der Waals surface area contributed by atoms with Crippen LogP contribution in [0.3, 0.4) is 0 Å². The molecule has 0 radical (unpaired) electrons. The Kier molecular flexibility index (Phi) is 5.01. The Balaban J connectivity index is 1.51. The van der Waals surface area contributed by atoms with Crippen LogP contribution in [0.15, 0.2) is 47.8 Å². The number of nitrogens with one attached hydrogen (secondary N) is 2. The molecule has 0 bridgehead atoms. The molecule has 2 aromatic heterocycles. The smallest absolute Gasteiger partial charge is 0.342 e. The van der Waals surface area contributed by atoms with E-state index in [1.807, 2.05) is 13.0 Å². The van der Waals surface area contributed by atoms with Crippen molar-refractivity contribution in [1.82, 2.24) is 30.0 Å². The van der Waals surface area contributed by atoms with Crippen LogP contribution in [0.25, 0.3) is 11.1 Å². The predicted molar refractivity (Wildman–Crippen MR) is 104 cm³/mol. The van der Waals surface area contributed by atoms with Crippen molar-refractivity contribution < 1.29 is 4.79 Å². The maximum atomic E-state index is 12.8. The summed E-state index contributed by atoms with van der Waals surface area (Å²) in [7, 11) is 0. The molecule has 0 spiro atoms. The largest absolute Gasteiger partial charge is 0.344 e. The number of hydrogen-bond acceptors (Lipinski definition) is 5. The number of aromatic nitrogens is 5. The number of benzene rings is 1. The summed E-state index contributed by atoms with van der Waals surface area (Å²) in [6, 6.07) is 7.37. The molecule has 1 amide bonds. The van der Waals surface area contributed by atoms with Gasteiger partial charge in [0.2, 0.25) is 0 Å². The quantitative estimate of drug-likeness (QED) is 0.710. The topological polar surface area (TPSA) is 106 Å². The highest BCUT2D eigenvalue weighted by atomic mass is 16.2. The van der Waals surface area contributed by atoms with Crippen LogP contribution in [-0.4, -0.2) is 30.6 Å². The third-order valence-corrected chi connectivity index (χ3v) is 5.18. The first-order chi connectivity index (χ1) is 13.6. The fourth-order valence-electron chi connectivity index (χ4n) is 3.71. The number of rotatable bonds is 5. The van der Waals surface area contributed by atoms with Gasteiger partial charge in [-0.15, -0.1) is 10.2 Å². The lowest BCUT2D eigenvalue weighted by Crippen LogP contribution is -2.29. The van der Waals surface area contributed by atoms with Crippen molar-refractivity contribution in [2.24, 2.45) is 0 Å². The molecule has 4 rings (SSSR count). The van der Waals surface area contributed by atoms with Gasteiger partial charge in [0.05, 0.1) is 6.04 Å². The van der Waals surface area contributed by atoms with E-state index in [9.17, 15) is 9.59 Å². The maximum Gasteiger partial charge on any atom is 0.344 e. The average molecular weight is 378 g/mol. The zero-order chi connectivity index (χ0) is 19.5. The van der Waals surface area contributed by atoms with E-state index in [-0.39, 0.29) is 11.9 Å². The number of aromatic amines is 1. The standard InChI is InChI=1S/C20H22N6O2/c1-13(18-25-23-12-26(18)17-7-2-3-8-17)24-19(27)15-6-4-5-14(9-15)16-10-21-20(28)22-11-16/h4-6,9-13,17H,2-3,7-8H2,1H3,(H,24,27)(H,21,22,28)/t13-/m1/s1. The molecular weight excluding hydrogens is 356 g/mol. The van der Waals surface area contributed by atoms with Crippen LogP contribution in [0, 0.1) is 0 Å². The molecule has 1 aliphatic rings. The van der Waals surface area contributed by atoms with E-state index >= 15 is 0 Å². The van der Waals surface area contributed by atoms with Gasteiger partial charge in [-0.3, -0.25) is 4.79 Å². The zero-order valence-corrected chi connectivity index (χ0v) is 15.6. The lowest BCUT2D eigenvalue weighted by Gasteiger charge is -2.19. The van der Waals surface area contributed by atoms with E-state index in [1.165, 1.54) is 19.0 Å². The zero-order valence-electron chi connectivity index (χ0n) is 15.6. The molecule has 8 heteroatoms. The highest BCUT2D eigenvalue weighted by molar-refractivity contribution is 5.95. The molecular formula is C20H22N6O2. The second-order valence-corrected chi connectivity index (χ2v) is 7.12. The van der Waals surface area contributed by atoms with Gasteiger partial charge in [0.1, 0.15) is 6.33 Å². The van der Waals surface area contributed by atoms with Crippen LogP contribution < -0.4 is 11.0 Å². The van der Waals surface area contributed by atoms with Crippen LogP contribution in [0.2, 0.25) is 0 Å². The summed E-state index contributed by atoms with van der Waals surface area (Å²) in [6.45, 7) is 1.92. The van der Waals surface area contributed by atoms with Crippen LogP contribution in [0.1, 0.15) is 60.9 Å². The van der Waals surface area contributed by atoms with E-state index < -0.39 is 5.69 Å². The predicted octanol–water partition coefficient (Wildman–Crippen LogP) is 2.63. The minimum absolute atomic E-state index is 0.187. The van der Waals surface area contributed by atoms with Gasteiger partial charge in [0.25, 0.3) is 5.91 Å². The Morgan fingerprint density at radius 2 is 2.11 bits per heavy atom. The Bertz CT molecular complexity index is 1010. The van der Waals surface area contributed by atoms with Crippen molar-refractivity contribution in [2.75, 3.05) is 0 Å². The van der Waals surface area contributed by atoms with Crippen LogP contribution in [-0.2, 0) is 0 Å². The molecule has 144 valence electrons. The van der Waals surface area contributed by atoms with Gasteiger partial charge in [-0.25, -0.2) is 9.78 Å². The highest BCUT2D eigenvalue weighted by Crippen LogP contribution is 2.31. The summed E-state index contributed by atoms with van der Waals surface area (Å²) >= 11 is 0. The van der Waals surface area contributed by atoms with E-state index in [4.69, 9.17) is 0 Å². The Morgan fingerprint density at radius 1 is 1.29 bits per heavy atom. The fraction of sp³-hybridized carbons (Fsp3) is 0.350. The molecule has 1 aliphatic carbocycles. The molecule has 0 aliphatic heterocycles. The van der Waals surface area contributed by atoms with Crippen molar-refractivity contribution in [1.29, 1.82) is 0 Å². The van der Waals surface area contributed by atoms with Crippen molar-refractivity contribution in [3.05, 3.63) is 64.9 Å². The lowest BCUT2D eigenvalue weighted by molar-refractivity contribution is 0.0937. The minimum atomic E-state index is -0.405. The highest BCUT2D eigenvalue weighted by Gasteiger charge is 2.23. The Labute approximate surface area is 162 Å². The van der Waals surface area contributed by atoms with Gasteiger partial charge in [0.15, 0.2) is 5.82 Å². The first kappa shape index (κ1) is 18.1. The lowest BCUT2D eigenvalue weighted by atomic mass is 10.1. The second-order valence-electron chi connectivity index (χ2n) is 7.12. The summed E-state index contributed by atoms with van der Waals surface area (Å²) in [5, 5.41) is 11.3. The van der Waals surface area contributed by atoms with Gasteiger partial charge in [0, 0.05) is 29.6 Å². The van der Waals surface area contributed by atoms with Crippen LogP contribution >= 0.6 is 0 Å². The van der Waals surface area contributed by atoms with Crippen molar-refractivity contribution in [2.45, 2.75) is 44.7 Å². The number of carbonyl (C=O) groups excluding carboxylic acids is 1. The monoisotopic (exact) mass is 378 g/mol. The molecule has 0 saturated heterocycles. The van der Waals surface area contributed by atoms with Crippen molar-refractivity contribution >= 4 is 5.91 Å². The molecule has 3 aromatic rings. The molecule has 8 nitrogen and oxygen atoms in total. The van der Waals surface area contributed by atoms with Crippen LogP contribution in [0.5, 0.6) is 0 Å². The third-order valence-electron chi connectivity index (χ3n) is 5.18. The maximum absolute atomic E-state index is 12.8. The second kappa shape index (κ2) is 7.75. The van der Waals surface area contributed by atoms with Gasteiger partial charge >= 0.3 is 5.69 Å². The molecule has 1 saturated carbocycles. The fourth-order valence-corrected chi connectivity index (χ4v) is 3.71. The molecule has 1 atom stereocenters. The average Bonchev–Trinajstić information content (AvgIpc) is 3.40. The summed E-state index contributed by atoms with van der Waals surface area (Å²) in [4.78, 5) is 30.2. The first-order valence-electron chi connectivity index (χ1n) is 9.47. The number of hydrogen-bond donors (Lipinski definition) is 2. The number of amides is 1. The number of nitrogens with zero attached hydrogens (tertiary/aromatic N) is 4. The molecule has 2 N–H and O–H groups in total. The van der Waals surface area contributed by atoms with Crippen molar-refractivity contribution in [3.8, 4) is 11.1 Å². The molecule has 2 heterocycles. The summed E-state index contributed by atoms with van der Waals surface area (Å²) in [5.74, 6) is 0.592. The molecule has 28 heavy (non-hydrogen) atoms. The van der Waals surface area contributed by atoms with E-state index in [2.05, 4.69) is 30.0 Å². The van der Waals surface area contributed by atoms with Gasteiger partial charge in [-0.2, -0.15) is 0 Å². The van der Waals surface area contributed by atoms with Gasteiger partial charge < -0.3 is 14.9 Å². The summed E-state index contributed by atoms with van der Waals surface area (Å²) in [5.41, 5.74) is 1.67. The summed E-state index contributed by atoms with van der Waals surface area (Å²) in [6.07, 6.45) is 9.52. The van der Waals surface area contributed by atoms with E-state index in [0.717, 1.165) is 29.8 Å². The SMILES string of the molecule is C[C@@H](NC(=O)c1cccc(-c2cnc(=O)[nH]c2)c1)c1nncn1C1CCCC1. The Hall–Kier alpha value is -3.29. The van der Waals surface area contributed by atoms with Crippen LogP contribution in [0.4, 0.5) is 0 Å². The minimum Gasteiger partial charge on any atom is -0.342 e. The number of H-pyrrole nitrogens is 1. The van der Waals surface area contributed by atoms with E-state index in [0.29, 0.717) is 11.6 Å². The Morgan fingerprint density at radius 3 is 2.86 bits per heavy atom.